The third-order valence-electron chi connectivity index (χ3n) is 3.49. The molecule has 5 nitrogen and oxygen atoms in total. The first kappa shape index (κ1) is 20.5. The summed E-state index contributed by atoms with van der Waals surface area (Å²) in [7, 11) is 0. The van der Waals surface area contributed by atoms with Crippen LogP contribution in [0.2, 0.25) is 0 Å². The summed E-state index contributed by atoms with van der Waals surface area (Å²) in [5, 5.41) is 0. The summed E-state index contributed by atoms with van der Waals surface area (Å²) in [6.07, 6.45) is 10.0. The molecule has 0 saturated carbocycles. The second-order valence-corrected chi connectivity index (χ2v) is 5.79. The van der Waals surface area contributed by atoms with E-state index in [0.29, 0.717) is 5.56 Å². The van der Waals surface area contributed by atoms with E-state index >= 15 is 0 Å². The number of hydrogen-bond donors (Lipinski definition) is 1. The van der Waals surface area contributed by atoms with Crippen LogP contribution in [0.3, 0.4) is 0 Å². The number of ether oxygens (including phenoxy) is 1. The van der Waals surface area contributed by atoms with Crippen LogP contribution in [0.1, 0.15) is 53.2 Å². The maximum absolute atomic E-state index is 12.1. The summed E-state index contributed by atoms with van der Waals surface area (Å²) in [6.45, 7) is 7.83. The highest BCUT2D eigenvalue weighted by Gasteiger charge is 2.16. The molecule has 0 aliphatic rings. The van der Waals surface area contributed by atoms with Gasteiger partial charge in [-0.2, -0.15) is 0 Å². The van der Waals surface area contributed by atoms with Gasteiger partial charge in [0.2, 0.25) is 0 Å². The van der Waals surface area contributed by atoms with Gasteiger partial charge in [0.15, 0.2) is 0 Å². The number of amides is 1. The van der Waals surface area contributed by atoms with Crippen LogP contribution in [0, 0.1) is 20.8 Å². The Balaban J connectivity index is 2.33. The highest BCUT2D eigenvalue weighted by atomic mass is 16.7. The van der Waals surface area contributed by atoms with E-state index in [1.165, 1.54) is 0 Å². The second-order valence-electron chi connectivity index (χ2n) is 5.79. The molecule has 25 heavy (non-hydrogen) atoms. The van der Waals surface area contributed by atoms with Crippen molar-refractivity contribution in [2.45, 2.75) is 47.0 Å². The maximum Gasteiger partial charge on any atom is 0.441 e. The molecule has 0 heterocycles. The van der Waals surface area contributed by atoms with Crippen molar-refractivity contribution in [1.82, 2.24) is 5.48 Å². The van der Waals surface area contributed by atoms with Gasteiger partial charge in [0.25, 0.3) is 0 Å². The normalized spacial score (nSPS) is 11.0. The SMILES string of the molecule is CC/C=C\CC/C=C\COC(=O)NOC(=O)c1c(C)cc(C)cc1C. The highest BCUT2D eigenvalue weighted by molar-refractivity contribution is 5.93. The van der Waals surface area contributed by atoms with Crippen molar-refractivity contribution in [3.8, 4) is 0 Å². The number of hydrogen-bond acceptors (Lipinski definition) is 4. The van der Waals surface area contributed by atoms with Gasteiger partial charge in [-0.15, -0.1) is 5.48 Å². The molecule has 0 aliphatic carbocycles. The largest absolute Gasteiger partial charge is 0.443 e. The van der Waals surface area contributed by atoms with Crippen LogP contribution in [-0.2, 0) is 9.57 Å². The number of aryl methyl sites for hydroxylation is 3. The van der Waals surface area contributed by atoms with E-state index in [0.717, 1.165) is 36.0 Å². The zero-order valence-corrected chi connectivity index (χ0v) is 15.4. The lowest BCUT2D eigenvalue weighted by Crippen LogP contribution is -2.28. The average molecular weight is 345 g/mol. The van der Waals surface area contributed by atoms with Crippen LogP contribution in [0.5, 0.6) is 0 Å². The number of nitrogens with one attached hydrogen (secondary N) is 1. The molecular formula is C20H27NO4. The van der Waals surface area contributed by atoms with Gasteiger partial charge in [-0.25, -0.2) is 9.59 Å². The van der Waals surface area contributed by atoms with Crippen molar-refractivity contribution in [1.29, 1.82) is 0 Å². The molecular weight excluding hydrogens is 318 g/mol. The van der Waals surface area contributed by atoms with Gasteiger partial charge in [-0.3, -0.25) is 0 Å². The van der Waals surface area contributed by atoms with E-state index in [2.05, 4.69) is 19.1 Å². The molecule has 1 amide bonds. The van der Waals surface area contributed by atoms with Crippen LogP contribution in [-0.4, -0.2) is 18.7 Å². The number of hydroxylamine groups is 1. The standard InChI is InChI=1S/C20H27NO4/c1-5-6-7-8-9-10-11-12-24-20(23)21-25-19(22)18-16(3)13-15(2)14-17(18)4/h6-7,10-11,13-14H,5,8-9,12H2,1-4H3,(H,21,23)/b7-6-,11-10-. The minimum Gasteiger partial charge on any atom is -0.443 e. The Kier molecular flexibility index (Phi) is 9.07. The number of benzene rings is 1. The molecule has 0 unspecified atom stereocenters. The maximum atomic E-state index is 12.1. The Morgan fingerprint density at radius 1 is 1.00 bits per heavy atom. The van der Waals surface area contributed by atoms with Gasteiger partial charge in [0.1, 0.15) is 6.61 Å². The quantitative estimate of drug-likeness (QED) is 0.441. The fraction of sp³-hybridized carbons (Fsp3) is 0.400. The summed E-state index contributed by atoms with van der Waals surface area (Å²) < 4.78 is 4.90. The molecule has 0 spiro atoms. The Labute approximate surface area is 149 Å². The molecule has 0 saturated heterocycles. The second kappa shape index (κ2) is 11.1. The molecule has 0 fully saturated rings. The average Bonchev–Trinajstić information content (AvgIpc) is 2.54. The first-order valence-electron chi connectivity index (χ1n) is 8.47. The van der Waals surface area contributed by atoms with E-state index in [9.17, 15) is 9.59 Å². The van der Waals surface area contributed by atoms with Gasteiger partial charge in [0, 0.05) is 0 Å². The van der Waals surface area contributed by atoms with Gasteiger partial charge in [-0.1, -0.05) is 48.9 Å². The van der Waals surface area contributed by atoms with Crippen molar-refractivity contribution in [3.05, 3.63) is 58.7 Å². The Hall–Kier alpha value is -2.56. The predicted molar refractivity (Wildman–Crippen MR) is 98.4 cm³/mol. The topological polar surface area (TPSA) is 64.6 Å². The van der Waals surface area contributed by atoms with E-state index in [-0.39, 0.29) is 6.61 Å². The molecule has 1 aromatic carbocycles. The summed E-state index contributed by atoms with van der Waals surface area (Å²) in [5.74, 6) is -0.606. The first-order chi connectivity index (χ1) is 12.0. The van der Waals surface area contributed by atoms with Crippen LogP contribution < -0.4 is 5.48 Å². The smallest absolute Gasteiger partial charge is 0.441 e. The minimum atomic E-state index is -0.800. The fourth-order valence-corrected chi connectivity index (χ4v) is 2.46. The molecule has 0 radical (unpaired) electrons. The summed E-state index contributed by atoms with van der Waals surface area (Å²) >= 11 is 0. The Bertz CT molecular complexity index is 624. The van der Waals surface area contributed by atoms with Crippen LogP contribution in [0.4, 0.5) is 4.79 Å². The van der Waals surface area contributed by atoms with E-state index < -0.39 is 12.1 Å². The summed E-state index contributed by atoms with van der Waals surface area (Å²) in [4.78, 5) is 28.4. The first-order valence-corrected chi connectivity index (χ1v) is 8.47. The number of unbranched alkanes of at least 4 members (excludes halogenated alkanes) is 1. The highest BCUT2D eigenvalue weighted by Crippen LogP contribution is 2.17. The zero-order valence-electron chi connectivity index (χ0n) is 15.4. The van der Waals surface area contributed by atoms with Crippen LogP contribution in [0.15, 0.2) is 36.4 Å². The van der Waals surface area contributed by atoms with Gasteiger partial charge >= 0.3 is 12.1 Å². The lowest BCUT2D eigenvalue weighted by molar-refractivity contribution is 0.0221. The molecule has 0 atom stereocenters. The van der Waals surface area contributed by atoms with Crippen molar-refractivity contribution >= 4 is 12.1 Å². The summed E-state index contributed by atoms with van der Waals surface area (Å²) in [6, 6.07) is 3.78. The summed E-state index contributed by atoms with van der Waals surface area (Å²) in [5.41, 5.74) is 5.14. The minimum absolute atomic E-state index is 0.128. The Morgan fingerprint density at radius 2 is 1.60 bits per heavy atom. The third-order valence-corrected chi connectivity index (χ3v) is 3.49. The number of rotatable bonds is 7. The number of carbonyl (C=O) groups is 2. The zero-order chi connectivity index (χ0) is 18.7. The molecule has 0 aliphatic heterocycles. The monoisotopic (exact) mass is 345 g/mol. The van der Waals surface area contributed by atoms with Crippen LogP contribution in [0.25, 0.3) is 0 Å². The van der Waals surface area contributed by atoms with E-state index in [1.807, 2.05) is 44.5 Å². The van der Waals surface area contributed by atoms with Crippen molar-refractivity contribution in [2.24, 2.45) is 0 Å². The molecule has 0 aromatic heterocycles. The molecule has 5 heteroatoms. The van der Waals surface area contributed by atoms with Gasteiger partial charge in [0.05, 0.1) is 5.56 Å². The van der Waals surface area contributed by atoms with Crippen molar-refractivity contribution in [3.63, 3.8) is 0 Å². The van der Waals surface area contributed by atoms with E-state index in [4.69, 9.17) is 9.57 Å². The van der Waals surface area contributed by atoms with Crippen molar-refractivity contribution in [2.75, 3.05) is 6.61 Å². The lowest BCUT2D eigenvalue weighted by Gasteiger charge is -2.10. The predicted octanol–water partition coefficient (Wildman–Crippen LogP) is 4.71. The van der Waals surface area contributed by atoms with Gasteiger partial charge in [-0.05, 0) is 51.2 Å². The number of carbonyl (C=O) groups excluding carboxylic acids is 2. The number of allylic oxidation sites excluding steroid dienone is 3. The fourth-order valence-electron chi connectivity index (χ4n) is 2.46. The lowest BCUT2D eigenvalue weighted by atomic mass is 10.0. The van der Waals surface area contributed by atoms with E-state index in [1.54, 1.807) is 6.08 Å². The Morgan fingerprint density at radius 3 is 2.20 bits per heavy atom. The molecule has 1 rings (SSSR count). The van der Waals surface area contributed by atoms with Crippen molar-refractivity contribution < 1.29 is 19.2 Å². The molecule has 1 aromatic rings. The third kappa shape index (κ3) is 7.70. The molecule has 136 valence electrons. The van der Waals surface area contributed by atoms with Gasteiger partial charge < -0.3 is 9.57 Å². The van der Waals surface area contributed by atoms with Crippen LogP contribution >= 0.6 is 0 Å². The molecule has 1 N–H and O–H groups in total. The molecule has 0 bridgehead atoms.